The highest BCUT2D eigenvalue weighted by atomic mass is 35.5. The van der Waals surface area contributed by atoms with Crippen molar-refractivity contribution in [3.8, 4) is 22.8 Å². The van der Waals surface area contributed by atoms with Crippen LogP contribution in [0, 0.1) is 0 Å². The van der Waals surface area contributed by atoms with Gasteiger partial charge in [0, 0.05) is 28.9 Å². The van der Waals surface area contributed by atoms with E-state index in [1.54, 1.807) is 16.8 Å². The van der Waals surface area contributed by atoms with Crippen LogP contribution in [0.25, 0.3) is 38.8 Å². The van der Waals surface area contributed by atoms with Crippen LogP contribution in [0.5, 0.6) is 5.88 Å². The number of pyridine rings is 2. The van der Waals surface area contributed by atoms with Gasteiger partial charge in [-0.1, -0.05) is 48.0 Å². The summed E-state index contributed by atoms with van der Waals surface area (Å²) in [6.07, 6.45) is 6.01. The fourth-order valence-electron chi connectivity index (χ4n) is 4.92. The van der Waals surface area contributed by atoms with Gasteiger partial charge in [0.05, 0.1) is 46.8 Å². The number of nitrogens with zero attached hydrogens (tertiary/aromatic N) is 5. The van der Waals surface area contributed by atoms with E-state index in [0.29, 0.717) is 67.8 Å². The van der Waals surface area contributed by atoms with Crippen molar-refractivity contribution in [3.05, 3.63) is 111 Å². The van der Waals surface area contributed by atoms with Crippen molar-refractivity contribution in [1.29, 1.82) is 0 Å². The Kier molecular flexibility index (Phi) is 6.90. The van der Waals surface area contributed by atoms with E-state index in [9.17, 15) is 9.59 Å². The Morgan fingerprint density at radius 1 is 0.976 bits per heavy atom. The van der Waals surface area contributed by atoms with Crippen LogP contribution in [0.15, 0.2) is 89.1 Å². The maximum atomic E-state index is 14.4. The summed E-state index contributed by atoms with van der Waals surface area (Å²) < 4.78 is 7.02. The minimum absolute atomic E-state index is 0.236. The number of nitrogens with one attached hydrogen (secondary N) is 2. The lowest BCUT2D eigenvalue weighted by Gasteiger charge is -2.24. The van der Waals surface area contributed by atoms with E-state index in [2.05, 4.69) is 30.2 Å². The first-order valence-corrected chi connectivity index (χ1v) is 13.3. The van der Waals surface area contributed by atoms with Gasteiger partial charge in [-0.2, -0.15) is 0 Å². The molecule has 0 fully saturated rings. The van der Waals surface area contributed by atoms with Gasteiger partial charge in [0.25, 0.3) is 5.56 Å². The van der Waals surface area contributed by atoms with Gasteiger partial charge in [-0.15, -0.1) is 0 Å². The highest BCUT2D eigenvalue weighted by Crippen LogP contribution is 2.36. The Morgan fingerprint density at radius 3 is 2.56 bits per heavy atom. The van der Waals surface area contributed by atoms with Gasteiger partial charge in [-0.25, -0.2) is 19.9 Å². The van der Waals surface area contributed by atoms with Crippen LogP contribution in [0.3, 0.4) is 0 Å². The number of fused-ring (bicyclic) bond motifs is 2. The molecule has 0 radical (unpaired) electrons. The average Bonchev–Trinajstić information content (AvgIpc) is 2.99. The smallest absolute Gasteiger partial charge is 0.264 e. The summed E-state index contributed by atoms with van der Waals surface area (Å²) in [5.74, 6) is 0.723. The summed E-state index contributed by atoms with van der Waals surface area (Å²) in [7, 11) is 0. The van der Waals surface area contributed by atoms with E-state index < -0.39 is 6.04 Å². The van der Waals surface area contributed by atoms with E-state index in [-0.39, 0.29) is 11.0 Å². The highest BCUT2D eigenvalue weighted by molar-refractivity contribution is 6.36. The molecule has 0 saturated carbocycles. The second-order valence-electron chi connectivity index (χ2n) is 9.23. The van der Waals surface area contributed by atoms with Crippen LogP contribution in [0.4, 0.5) is 5.82 Å². The molecule has 0 saturated heterocycles. The maximum absolute atomic E-state index is 14.4. The largest absolute Gasteiger partial charge is 0.477 e. The van der Waals surface area contributed by atoms with Crippen LogP contribution in [0.2, 0.25) is 5.02 Å². The molecule has 0 unspecified atom stereocenters. The van der Waals surface area contributed by atoms with Gasteiger partial charge in [0.2, 0.25) is 5.88 Å². The first-order valence-electron chi connectivity index (χ1n) is 12.9. The average molecular weight is 566 g/mol. The minimum atomic E-state index is -0.550. The Bertz CT molecular complexity index is 2000. The zero-order chi connectivity index (χ0) is 28.5. The van der Waals surface area contributed by atoms with E-state index in [0.717, 1.165) is 0 Å². The predicted octanol–water partition coefficient (Wildman–Crippen LogP) is 5.30. The molecule has 0 aliphatic heterocycles. The monoisotopic (exact) mass is 565 g/mol. The minimum Gasteiger partial charge on any atom is -0.477 e. The number of para-hydroxylation sites is 1. The molecule has 204 valence electrons. The molecule has 6 rings (SSSR count). The van der Waals surface area contributed by atoms with Crippen molar-refractivity contribution >= 4 is 39.2 Å². The topological polar surface area (TPSA) is 128 Å². The Morgan fingerprint density at radius 2 is 1.80 bits per heavy atom. The fourth-order valence-corrected chi connectivity index (χ4v) is 5.33. The number of halogens is 1. The lowest BCUT2D eigenvalue weighted by atomic mass is 10.0. The molecule has 10 nitrogen and oxygen atoms in total. The number of benzene rings is 2. The van der Waals surface area contributed by atoms with Crippen LogP contribution in [-0.2, 0) is 0 Å². The van der Waals surface area contributed by atoms with Crippen LogP contribution in [-0.4, -0.2) is 36.1 Å². The maximum Gasteiger partial charge on any atom is 0.264 e. The number of hydrogen-bond acceptors (Lipinski definition) is 8. The molecule has 11 heteroatoms. The van der Waals surface area contributed by atoms with Crippen molar-refractivity contribution in [2.75, 3.05) is 11.9 Å². The third-order valence-corrected chi connectivity index (χ3v) is 7.10. The number of hydrogen-bond donors (Lipinski definition) is 2. The first kappa shape index (κ1) is 26.1. The number of aromatic amines is 1. The van der Waals surface area contributed by atoms with E-state index >= 15 is 0 Å². The second kappa shape index (κ2) is 10.8. The zero-order valence-corrected chi connectivity index (χ0v) is 22.9. The van der Waals surface area contributed by atoms with Crippen molar-refractivity contribution in [3.63, 3.8) is 0 Å². The molecule has 2 N–H and O–H groups in total. The van der Waals surface area contributed by atoms with Crippen LogP contribution >= 0.6 is 11.6 Å². The summed E-state index contributed by atoms with van der Waals surface area (Å²) in [5, 5.41) is 4.94. The first-order chi connectivity index (χ1) is 20.0. The molecule has 0 aliphatic rings. The lowest BCUT2D eigenvalue weighted by Crippen LogP contribution is -2.27. The molecular formula is C30H24ClN7O3. The number of ether oxygens (including phenoxy) is 1. The highest BCUT2D eigenvalue weighted by Gasteiger charge is 2.24. The van der Waals surface area contributed by atoms with Gasteiger partial charge in [-0.3, -0.25) is 14.2 Å². The molecule has 2 aromatic carbocycles. The Hall–Kier alpha value is -5.09. The molecule has 0 aliphatic carbocycles. The van der Waals surface area contributed by atoms with Crippen molar-refractivity contribution in [1.82, 2.24) is 29.5 Å². The summed E-state index contributed by atoms with van der Waals surface area (Å²) in [6, 6.07) is 15.6. The Labute approximate surface area is 238 Å². The van der Waals surface area contributed by atoms with Gasteiger partial charge >= 0.3 is 0 Å². The van der Waals surface area contributed by atoms with E-state index in [1.165, 1.54) is 24.8 Å². The van der Waals surface area contributed by atoms with Crippen molar-refractivity contribution in [2.45, 2.75) is 19.9 Å². The molecule has 1 atom stereocenters. The standard InChI is InChI=1S/C30H24ClN7O3/c1-3-41-23-15-33-21(14-34-23)19-10-7-11-20-24(19)30(40)38(18-8-5-4-6-9-18)27(26(20)31)17(2)37-29-25-22(39)12-13-32-28(25)35-16-36-29/h4-17H,3H2,1-2H3,(H2,32,35,36,37,39)/t17-/m0/s1. The second-order valence-corrected chi connectivity index (χ2v) is 9.61. The SMILES string of the molecule is CCOc1cnc(-c2cccc3c(Cl)c([C@H](C)Nc4ncnc5[nH]ccc(=O)c45)n(-c4ccccc4)c(=O)c23)cn1. The number of aromatic nitrogens is 6. The van der Waals surface area contributed by atoms with Crippen molar-refractivity contribution in [2.24, 2.45) is 0 Å². The predicted molar refractivity (Wildman–Crippen MR) is 159 cm³/mol. The van der Waals surface area contributed by atoms with Gasteiger partial charge in [-0.05, 0) is 26.0 Å². The molecule has 4 heterocycles. The van der Waals surface area contributed by atoms with E-state index in [1.807, 2.05) is 56.3 Å². The van der Waals surface area contributed by atoms with Gasteiger partial charge < -0.3 is 15.0 Å². The quantitative estimate of drug-likeness (QED) is 0.267. The zero-order valence-electron chi connectivity index (χ0n) is 22.1. The summed E-state index contributed by atoms with van der Waals surface area (Å²) in [5.41, 5.74) is 2.12. The van der Waals surface area contributed by atoms with E-state index in [4.69, 9.17) is 16.3 Å². The number of anilines is 1. The third kappa shape index (κ3) is 4.68. The molecule has 41 heavy (non-hydrogen) atoms. The normalized spacial score (nSPS) is 12.0. The molecule has 0 bridgehead atoms. The van der Waals surface area contributed by atoms with Crippen molar-refractivity contribution < 1.29 is 4.74 Å². The Balaban J connectivity index is 1.58. The summed E-state index contributed by atoms with van der Waals surface area (Å²) in [4.78, 5) is 47.4. The molecule has 4 aromatic heterocycles. The van der Waals surface area contributed by atoms with Gasteiger partial charge in [0.15, 0.2) is 5.43 Å². The number of rotatable bonds is 7. The summed E-state index contributed by atoms with van der Waals surface area (Å²) in [6.45, 7) is 4.19. The third-order valence-electron chi connectivity index (χ3n) is 6.71. The molecule has 0 spiro atoms. The molecular weight excluding hydrogens is 542 g/mol. The van der Waals surface area contributed by atoms with Crippen LogP contribution < -0.4 is 21.0 Å². The fraction of sp³-hybridized carbons (Fsp3) is 0.133. The molecule has 0 amide bonds. The van der Waals surface area contributed by atoms with Gasteiger partial charge in [0.1, 0.15) is 23.2 Å². The number of H-pyrrole nitrogens is 1. The molecule has 6 aromatic rings. The lowest BCUT2D eigenvalue weighted by molar-refractivity contribution is 0.325. The summed E-state index contributed by atoms with van der Waals surface area (Å²) >= 11 is 7.15. The van der Waals surface area contributed by atoms with Crippen LogP contribution in [0.1, 0.15) is 25.6 Å².